The van der Waals surface area contributed by atoms with E-state index in [1.54, 1.807) is 18.2 Å². The number of carbonyl (C=O) groups excluding carboxylic acids is 1. The molecule has 0 bridgehead atoms. The number of anilines is 1. The van der Waals surface area contributed by atoms with Gasteiger partial charge in [-0.2, -0.15) is 0 Å². The molecule has 0 unspecified atom stereocenters. The lowest BCUT2D eigenvalue weighted by molar-refractivity contribution is 0.102. The summed E-state index contributed by atoms with van der Waals surface area (Å²) in [7, 11) is 0. The first-order valence-corrected chi connectivity index (χ1v) is 10.4. The summed E-state index contributed by atoms with van der Waals surface area (Å²) in [6.45, 7) is 0.181. The van der Waals surface area contributed by atoms with Crippen LogP contribution in [0.4, 0.5) is 5.13 Å². The third kappa shape index (κ3) is 3.90. The molecule has 0 aliphatic carbocycles. The number of fused-ring (bicyclic) bond motifs is 1. The second-order valence-corrected chi connectivity index (χ2v) is 7.78. The highest BCUT2D eigenvalue weighted by atomic mass is 32.1. The Bertz CT molecular complexity index is 1190. The average molecular weight is 414 g/mol. The van der Waals surface area contributed by atoms with Gasteiger partial charge >= 0.3 is 0 Å². The Morgan fingerprint density at radius 3 is 2.53 bits per heavy atom. The molecule has 1 aromatic heterocycles. The van der Waals surface area contributed by atoms with Gasteiger partial charge in [0.1, 0.15) is 0 Å². The highest BCUT2D eigenvalue weighted by Gasteiger charge is 2.17. The number of nitrogens with one attached hydrogen (secondary N) is 1. The number of nitrogens with zero attached hydrogens (tertiary/aromatic N) is 1. The van der Waals surface area contributed by atoms with Gasteiger partial charge in [0.05, 0.1) is 5.69 Å². The van der Waals surface area contributed by atoms with Gasteiger partial charge in [0.2, 0.25) is 6.79 Å². The van der Waals surface area contributed by atoms with E-state index < -0.39 is 0 Å². The fraction of sp³-hybridized carbons (Fsp3) is 0.0833. The largest absolute Gasteiger partial charge is 0.454 e. The highest BCUT2D eigenvalue weighted by molar-refractivity contribution is 7.14. The van der Waals surface area contributed by atoms with Crippen LogP contribution in [0.25, 0.3) is 11.3 Å². The second kappa shape index (κ2) is 8.00. The molecule has 148 valence electrons. The first kappa shape index (κ1) is 18.4. The number of aromatic nitrogens is 1. The van der Waals surface area contributed by atoms with E-state index in [0.29, 0.717) is 22.2 Å². The first-order valence-electron chi connectivity index (χ1n) is 9.54. The molecule has 5 nitrogen and oxygen atoms in total. The lowest BCUT2D eigenvalue weighted by atomic mass is 10.0. The molecule has 30 heavy (non-hydrogen) atoms. The molecule has 5 rings (SSSR count). The van der Waals surface area contributed by atoms with Crippen LogP contribution in [-0.2, 0) is 6.42 Å². The molecule has 1 aliphatic heterocycles. The van der Waals surface area contributed by atoms with Crippen LogP contribution in [0, 0.1) is 0 Å². The summed E-state index contributed by atoms with van der Waals surface area (Å²) in [4.78, 5) is 17.1. The predicted molar refractivity (Wildman–Crippen MR) is 117 cm³/mol. The van der Waals surface area contributed by atoms with Gasteiger partial charge < -0.3 is 9.47 Å². The summed E-state index contributed by atoms with van der Waals surface area (Å²) >= 11 is 1.40. The van der Waals surface area contributed by atoms with E-state index in [4.69, 9.17) is 9.47 Å². The Balaban J connectivity index is 1.26. The minimum Gasteiger partial charge on any atom is -0.454 e. The monoisotopic (exact) mass is 414 g/mol. The molecule has 0 saturated carbocycles. The first-order chi connectivity index (χ1) is 14.7. The summed E-state index contributed by atoms with van der Waals surface area (Å²) in [5.41, 5.74) is 4.89. The van der Waals surface area contributed by atoms with Crippen LogP contribution in [-0.4, -0.2) is 17.7 Å². The zero-order valence-electron chi connectivity index (χ0n) is 16.0. The lowest BCUT2D eigenvalue weighted by Crippen LogP contribution is -2.11. The maximum atomic E-state index is 12.5. The quantitative estimate of drug-likeness (QED) is 0.476. The minimum absolute atomic E-state index is 0.181. The van der Waals surface area contributed by atoms with Gasteiger partial charge in [0.15, 0.2) is 16.6 Å². The van der Waals surface area contributed by atoms with Gasteiger partial charge in [-0.25, -0.2) is 4.98 Å². The summed E-state index contributed by atoms with van der Waals surface area (Å²) in [6, 6.07) is 23.9. The Morgan fingerprint density at radius 1 is 0.933 bits per heavy atom. The van der Waals surface area contributed by atoms with Crippen LogP contribution < -0.4 is 14.8 Å². The van der Waals surface area contributed by atoms with E-state index in [1.165, 1.54) is 22.5 Å². The van der Waals surface area contributed by atoms with E-state index in [1.807, 2.05) is 11.4 Å². The molecule has 0 spiro atoms. The molecule has 1 N–H and O–H groups in total. The van der Waals surface area contributed by atoms with Crippen LogP contribution in [0.15, 0.2) is 78.2 Å². The van der Waals surface area contributed by atoms with E-state index in [0.717, 1.165) is 17.7 Å². The third-order valence-corrected chi connectivity index (χ3v) is 5.62. The molecule has 6 heteroatoms. The Labute approximate surface area is 177 Å². The van der Waals surface area contributed by atoms with Crippen molar-refractivity contribution in [1.82, 2.24) is 4.98 Å². The maximum absolute atomic E-state index is 12.5. The molecule has 2 heterocycles. The molecular formula is C24H18N2O3S. The number of rotatable bonds is 5. The Morgan fingerprint density at radius 2 is 1.70 bits per heavy atom. The van der Waals surface area contributed by atoms with Gasteiger partial charge in [-0.1, -0.05) is 54.6 Å². The summed E-state index contributed by atoms with van der Waals surface area (Å²) in [5, 5.41) is 5.36. The van der Waals surface area contributed by atoms with Crippen molar-refractivity contribution in [2.45, 2.75) is 6.42 Å². The van der Waals surface area contributed by atoms with Crippen LogP contribution in [0.1, 0.15) is 21.5 Å². The molecule has 0 saturated heterocycles. The maximum Gasteiger partial charge on any atom is 0.257 e. The lowest BCUT2D eigenvalue weighted by Gasteiger charge is -2.04. The number of carbonyl (C=O) groups is 1. The van der Waals surface area contributed by atoms with Gasteiger partial charge in [0.25, 0.3) is 5.91 Å². The Hall–Kier alpha value is -3.64. The van der Waals surface area contributed by atoms with Crippen molar-refractivity contribution in [2.24, 2.45) is 0 Å². The molecule has 1 amide bonds. The zero-order chi connectivity index (χ0) is 20.3. The minimum atomic E-state index is -0.229. The van der Waals surface area contributed by atoms with E-state index >= 15 is 0 Å². The number of thiazole rings is 1. The van der Waals surface area contributed by atoms with E-state index in [2.05, 4.69) is 58.8 Å². The number of hydrogen-bond acceptors (Lipinski definition) is 5. The van der Waals surface area contributed by atoms with Gasteiger partial charge in [-0.15, -0.1) is 11.3 Å². The normalized spacial score (nSPS) is 12.0. The second-order valence-electron chi connectivity index (χ2n) is 6.92. The Kier molecular flexibility index (Phi) is 4.91. The third-order valence-electron chi connectivity index (χ3n) is 4.86. The van der Waals surface area contributed by atoms with Crippen LogP contribution in [0.3, 0.4) is 0 Å². The zero-order valence-corrected chi connectivity index (χ0v) is 16.8. The molecular weight excluding hydrogens is 396 g/mol. The van der Waals surface area contributed by atoms with Crippen molar-refractivity contribution >= 4 is 22.4 Å². The fourth-order valence-corrected chi connectivity index (χ4v) is 4.01. The average Bonchev–Trinajstić information content (AvgIpc) is 3.44. The topological polar surface area (TPSA) is 60.5 Å². The van der Waals surface area contributed by atoms with Crippen molar-refractivity contribution in [1.29, 1.82) is 0 Å². The standard InChI is InChI=1S/C24H18N2O3S/c27-23(19-10-11-21-22(13-19)29-15-28-21)26-24-25-20(14-30-24)18-8-6-17(7-9-18)12-16-4-2-1-3-5-16/h1-11,13-14H,12,15H2,(H,25,26,27). The summed E-state index contributed by atoms with van der Waals surface area (Å²) in [6.07, 6.45) is 0.898. The smallest absolute Gasteiger partial charge is 0.257 e. The van der Waals surface area contributed by atoms with Crippen LogP contribution >= 0.6 is 11.3 Å². The van der Waals surface area contributed by atoms with E-state index in [9.17, 15) is 4.79 Å². The number of amides is 1. The number of benzene rings is 3. The SMILES string of the molecule is O=C(Nc1nc(-c2ccc(Cc3ccccc3)cc2)cs1)c1ccc2c(c1)OCO2. The summed E-state index contributed by atoms with van der Waals surface area (Å²) < 4.78 is 10.6. The molecule has 3 aromatic carbocycles. The summed E-state index contributed by atoms with van der Waals surface area (Å²) in [5.74, 6) is 1.00. The van der Waals surface area contributed by atoms with Crippen LogP contribution in [0.2, 0.25) is 0 Å². The molecule has 0 radical (unpaired) electrons. The van der Waals surface area contributed by atoms with Gasteiger partial charge in [0, 0.05) is 16.5 Å². The van der Waals surface area contributed by atoms with Crippen molar-refractivity contribution in [3.8, 4) is 22.8 Å². The van der Waals surface area contributed by atoms with Gasteiger partial charge in [-0.3, -0.25) is 10.1 Å². The molecule has 1 aliphatic rings. The number of ether oxygens (including phenoxy) is 2. The predicted octanol–water partition coefficient (Wildman–Crippen LogP) is 5.38. The highest BCUT2D eigenvalue weighted by Crippen LogP contribution is 2.33. The van der Waals surface area contributed by atoms with Gasteiger partial charge in [-0.05, 0) is 35.7 Å². The van der Waals surface area contributed by atoms with Crippen molar-refractivity contribution in [2.75, 3.05) is 12.1 Å². The molecule has 0 atom stereocenters. The van der Waals surface area contributed by atoms with E-state index in [-0.39, 0.29) is 12.7 Å². The van der Waals surface area contributed by atoms with Crippen molar-refractivity contribution in [3.05, 3.63) is 94.9 Å². The fourth-order valence-electron chi connectivity index (χ4n) is 3.30. The molecule has 4 aromatic rings. The number of hydrogen-bond donors (Lipinski definition) is 1. The van der Waals surface area contributed by atoms with Crippen molar-refractivity contribution < 1.29 is 14.3 Å². The van der Waals surface area contributed by atoms with Crippen LogP contribution in [0.5, 0.6) is 11.5 Å². The molecule has 0 fully saturated rings. The van der Waals surface area contributed by atoms with Crippen molar-refractivity contribution in [3.63, 3.8) is 0 Å².